The van der Waals surface area contributed by atoms with Gasteiger partial charge in [-0.25, -0.2) is 0 Å². The fourth-order valence-corrected chi connectivity index (χ4v) is 1.14. The van der Waals surface area contributed by atoms with Gasteiger partial charge < -0.3 is 0 Å². The van der Waals surface area contributed by atoms with E-state index in [1.54, 1.807) is 0 Å². The molecule has 0 aromatic rings. The van der Waals surface area contributed by atoms with Crippen LogP contribution in [-0.4, -0.2) is 18.2 Å². The summed E-state index contributed by atoms with van der Waals surface area (Å²) < 4.78 is 0. The van der Waals surface area contributed by atoms with Gasteiger partial charge >= 0.3 is 0 Å². The first-order valence-corrected chi connectivity index (χ1v) is 4.74. The molecular weight excluding hydrogens is 142 g/mol. The minimum Gasteiger partial charge on any atom is -0.269 e. The highest BCUT2D eigenvalue weighted by Crippen LogP contribution is 2.05. The van der Waals surface area contributed by atoms with Crippen LogP contribution in [0, 0.1) is 0 Å². The van der Waals surface area contributed by atoms with Crippen LogP contribution in [0.1, 0.15) is 20.3 Å². The molecule has 0 aliphatic rings. The molecule has 0 heterocycles. The number of aliphatic imine (C=N–C) groups is 1. The highest BCUT2D eigenvalue weighted by Gasteiger charge is 1.86. The molecule has 0 fully saturated rings. The van der Waals surface area contributed by atoms with E-state index < -0.39 is 0 Å². The molecule has 0 saturated carbocycles. The standard InChI is InChI=1S/C8H15NS/c1-4-8(9-3)6-7-10-5-2/h6H,3-5,7H2,1-2H3/b8-6-. The monoisotopic (exact) mass is 157 g/mol. The molecule has 58 valence electrons. The van der Waals surface area contributed by atoms with Crippen molar-refractivity contribution < 1.29 is 0 Å². The Morgan fingerprint density at radius 3 is 2.70 bits per heavy atom. The Bertz CT molecular complexity index is 118. The number of nitrogens with zero attached hydrogens (tertiary/aromatic N) is 1. The molecule has 0 rings (SSSR count). The average molecular weight is 157 g/mol. The van der Waals surface area contributed by atoms with Crippen molar-refractivity contribution in [3.8, 4) is 0 Å². The molecule has 0 spiro atoms. The van der Waals surface area contributed by atoms with Gasteiger partial charge in [-0.1, -0.05) is 19.9 Å². The lowest BCUT2D eigenvalue weighted by Gasteiger charge is -1.94. The number of hydrogen-bond donors (Lipinski definition) is 0. The third kappa shape index (κ3) is 4.62. The fraction of sp³-hybridized carbons (Fsp3) is 0.625. The van der Waals surface area contributed by atoms with Gasteiger partial charge in [0.15, 0.2) is 0 Å². The van der Waals surface area contributed by atoms with Gasteiger partial charge in [0.1, 0.15) is 0 Å². The second-order valence-electron chi connectivity index (χ2n) is 1.87. The minimum absolute atomic E-state index is 0.994. The molecule has 0 bridgehead atoms. The van der Waals surface area contributed by atoms with Crippen molar-refractivity contribution >= 4 is 18.5 Å². The normalized spacial score (nSPS) is 11.6. The van der Waals surface area contributed by atoms with Crippen molar-refractivity contribution in [3.05, 3.63) is 11.8 Å². The van der Waals surface area contributed by atoms with Gasteiger partial charge in [0.05, 0.1) is 0 Å². The second-order valence-corrected chi connectivity index (χ2v) is 3.19. The van der Waals surface area contributed by atoms with Crippen molar-refractivity contribution in [2.45, 2.75) is 20.3 Å². The number of rotatable bonds is 5. The van der Waals surface area contributed by atoms with Crippen LogP contribution in [0.3, 0.4) is 0 Å². The zero-order chi connectivity index (χ0) is 7.82. The Kier molecular flexibility index (Phi) is 6.71. The molecular formula is C8H15NS. The van der Waals surface area contributed by atoms with E-state index in [4.69, 9.17) is 0 Å². The summed E-state index contributed by atoms with van der Waals surface area (Å²) in [6, 6.07) is 0. The average Bonchev–Trinajstić information content (AvgIpc) is 1.99. The maximum Gasteiger partial charge on any atom is 0.0362 e. The second kappa shape index (κ2) is 6.87. The number of thioether (sulfide) groups is 1. The smallest absolute Gasteiger partial charge is 0.0362 e. The lowest BCUT2D eigenvalue weighted by molar-refractivity contribution is 1.07. The highest BCUT2D eigenvalue weighted by atomic mass is 32.2. The maximum atomic E-state index is 3.88. The molecule has 10 heavy (non-hydrogen) atoms. The molecule has 0 atom stereocenters. The van der Waals surface area contributed by atoms with Gasteiger partial charge in [-0.3, -0.25) is 4.99 Å². The lowest BCUT2D eigenvalue weighted by Crippen LogP contribution is -1.78. The number of allylic oxidation sites excluding steroid dienone is 1. The lowest BCUT2D eigenvalue weighted by atomic mass is 10.3. The Morgan fingerprint density at radius 1 is 1.60 bits per heavy atom. The van der Waals surface area contributed by atoms with Crippen LogP contribution in [0.25, 0.3) is 0 Å². The van der Waals surface area contributed by atoms with Gasteiger partial charge in [0.25, 0.3) is 0 Å². The molecule has 2 heteroatoms. The van der Waals surface area contributed by atoms with E-state index in [0.29, 0.717) is 0 Å². The van der Waals surface area contributed by atoms with Gasteiger partial charge in [0, 0.05) is 11.4 Å². The summed E-state index contributed by atoms with van der Waals surface area (Å²) in [5.41, 5.74) is 1.11. The van der Waals surface area contributed by atoms with Gasteiger partial charge in [0.2, 0.25) is 0 Å². The Hall–Kier alpha value is -0.240. The first kappa shape index (κ1) is 9.76. The molecule has 1 nitrogen and oxygen atoms in total. The van der Waals surface area contributed by atoms with Crippen LogP contribution in [0.4, 0.5) is 0 Å². The SMILES string of the molecule is C=N/C(=C\CSCC)CC. The zero-order valence-corrected chi connectivity index (χ0v) is 7.58. The quantitative estimate of drug-likeness (QED) is 0.441. The summed E-state index contributed by atoms with van der Waals surface area (Å²) in [5, 5.41) is 0. The van der Waals surface area contributed by atoms with Gasteiger partial charge in [-0.05, 0) is 18.9 Å². The van der Waals surface area contributed by atoms with Crippen molar-refractivity contribution in [1.29, 1.82) is 0 Å². The molecule has 0 amide bonds. The Balaban J connectivity index is 3.53. The molecule has 0 unspecified atom stereocenters. The van der Waals surface area contributed by atoms with E-state index in [2.05, 4.69) is 31.6 Å². The van der Waals surface area contributed by atoms with E-state index in [-0.39, 0.29) is 0 Å². The zero-order valence-electron chi connectivity index (χ0n) is 6.76. The molecule has 0 aromatic heterocycles. The van der Waals surface area contributed by atoms with Crippen LogP contribution >= 0.6 is 11.8 Å². The predicted molar refractivity (Wildman–Crippen MR) is 50.9 cm³/mol. The van der Waals surface area contributed by atoms with Crippen LogP contribution in [0.15, 0.2) is 16.8 Å². The minimum atomic E-state index is 0.994. The molecule has 0 radical (unpaired) electrons. The predicted octanol–water partition coefficient (Wildman–Crippen LogP) is 2.73. The van der Waals surface area contributed by atoms with Crippen LogP contribution in [-0.2, 0) is 0 Å². The molecule has 0 aliphatic carbocycles. The fourth-order valence-electron chi connectivity index (χ4n) is 0.594. The van der Waals surface area contributed by atoms with Crippen LogP contribution < -0.4 is 0 Å². The molecule has 0 aromatic carbocycles. The molecule has 0 saturated heterocycles. The summed E-state index contributed by atoms with van der Waals surface area (Å²) in [6.45, 7) is 7.74. The Labute approximate surface area is 67.6 Å². The largest absolute Gasteiger partial charge is 0.269 e. The van der Waals surface area contributed by atoms with Crippen molar-refractivity contribution in [3.63, 3.8) is 0 Å². The van der Waals surface area contributed by atoms with E-state index in [1.165, 1.54) is 5.75 Å². The van der Waals surface area contributed by atoms with Crippen LogP contribution in [0.2, 0.25) is 0 Å². The van der Waals surface area contributed by atoms with E-state index >= 15 is 0 Å². The summed E-state index contributed by atoms with van der Waals surface area (Å²) in [5.74, 6) is 2.24. The van der Waals surface area contributed by atoms with Crippen molar-refractivity contribution in [2.24, 2.45) is 4.99 Å². The Morgan fingerprint density at radius 2 is 2.30 bits per heavy atom. The summed E-state index contributed by atoms with van der Waals surface area (Å²) in [4.78, 5) is 3.88. The van der Waals surface area contributed by atoms with Crippen molar-refractivity contribution in [2.75, 3.05) is 11.5 Å². The van der Waals surface area contributed by atoms with E-state index in [9.17, 15) is 0 Å². The van der Waals surface area contributed by atoms with Gasteiger partial charge in [-0.15, -0.1) is 0 Å². The highest BCUT2D eigenvalue weighted by molar-refractivity contribution is 7.99. The third-order valence-corrected chi connectivity index (χ3v) is 2.02. The summed E-state index contributed by atoms with van der Waals surface area (Å²) in [7, 11) is 0. The first-order chi connectivity index (χ1) is 4.85. The maximum absolute atomic E-state index is 3.88. The topological polar surface area (TPSA) is 12.4 Å². The summed E-state index contributed by atoms with van der Waals surface area (Å²) >= 11 is 1.90. The molecule has 0 N–H and O–H groups in total. The molecule has 0 aliphatic heterocycles. The first-order valence-electron chi connectivity index (χ1n) is 3.58. The summed E-state index contributed by atoms with van der Waals surface area (Å²) in [6.07, 6.45) is 3.13. The number of hydrogen-bond acceptors (Lipinski definition) is 2. The van der Waals surface area contributed by atoms with Gasteiger partial charge in [-0.2, -0.15) is 11.8 Å². The third-order valence-electron chi connectivity index (χ3n) is 1.21. The van der Waals surface area contributed by atoms with E-state index in [1.807, 2.05) is 11.8 Å². The van der Waals surface area contributed by atoms with Crippen molar-refractivity contribution in [1.82, 2.24) is 0 Å². The van der Waals surface area contributed by atoms with E-state index in [0.717, 1.165) is 17.9 Å². The van der Waals surface area contributed by atoms with Crippen LogP contribution in [0.5, 0.6) is 0 Å².